The fraction of sp³-hybridized carbons (Fsp3) is 0.200. The molecule has 0 bridgehead atoms. The van der Waals surface area contributed by atoms with Crippen molar-refractivity contribution in [3.05, 3.63) is 48.2 Å². The maximum Gasteiger partial charge on any atom is 0.119 e. The van der Waals surface area contributed by atoms with Crippen LogP contribution in [0.4, 0.5) is 0 Å². The van der Waals surface area contributed by atoms with Crippen molar-refractivity contribution in [2.45, 2.75) is 13.8 Å². The van der Waals surface area contributed by atoms with Crippen LogP contribution in [0, 0.1) is 13.8 Å². The van der Waals surface area contributed by atoms with Crippen LogP contribution in [-0.2, 0) is 0 Å². The summed E-state index contributed by atoms with van der Waals surface area (Å²) in [6, 6.07) is 7.99. The summed E-state index contributed by atoms with van der Waals surface area (Å²) < 4.78 is 7.37. The first-order valence-electron chi connectivity index (χ1n) is 6.15. The smallest absolute Gasteiger partial charge is 0.119 e. The van der Waals surface area contributed by atoms with Crippen LogP contribution < -0.4 is 4.74 Å². The molecule has 0 atom stereocenters. The third-order valence-electron chi connectivity index (χ3n) is 3.21. The third kappa shape index (κ3) is 1.95. The number of aromatic nitrogens is 3. The van der Waals surface area contributed by atoms with E-state index in [1.165, 1.54) is 0 Å². The summed E-state index contributed by atoms with van der Waals surface area (Å²) in [6.45, 7) is 3.99. The first-order chi connectivity index (χ1) is 9.19. The quantitative estimate of drug-likeness (QED) is 0.704. The van der Waals surface area contributed by atoms with Gasteiger partial charge in [-0.25, -0.2) is 4.98 Å². The Bertz CT molecular complexity index is 746. The Kier molecular flexibility index (Phi) is 2.71. The highest BCUT2D eigenvalue weighted by Crippen LogP contribution is 2.26. The minimum absolute atomic E-state index is 0.831. The van der Waals surface area contributed by atoms with Crippen LogP contribution in [0.15, 0.2) is 36.7 Å². The molecule has 0 aliphatic rings. The lowest BCUT2D eigenvalue weighted by Gasteiger charge is -2.11. The summed E-state index contributed by atoms with van der Waals surface area (Å²) in [5, 5.41) is 1.06. The number of imidazole rings is 1. The van der Waals surface area contributed by atoms with Gasteiger partial charge in [0.2, 0.25) is 0 Å². The van der Waals surface area contributed by atoms with E-state index in [2.05, 4.69) is 20.6 Å². The molecule has 3 rings (SSSR count). The molecular weight excluding hydrogens is 238 g/mol. The van der Waals surface area contributed by atoms with Crippen molar-refractivity contribution < 1.29 is 4.74 Å². The van der Waals surface area contributed by atoms with Gasteiger partial charge in [0.1, 0.15) is 11.6 Å². The van der Waals surface area contributed by atoms with Gasteiger partial charge in [0.05, 0.1) is 18.3 Å². The van der Waals surface area contributed by atoms with Crippen LogP contribution in [0.5, 0.6) is 5.75 Å². The highest BCUT2D eigenvalue weighted by molar-refractivity contribution is 5.88. The molecule has 2 heterocycles. The first kappa shape index (κ1) is 11.7. The van der Waals surface area contributed by atoms with Crippen molar-refractivity contribution >= 4 is 10.9 Å². The Hall–Kier alpha value is -2.36. The van der Waals surface area contributed by atoms with E-state index in [0.29, 0.717) is 0 Å². The minimum atomic E-state index is 0.831. The summed E-state index contributed by atoms with van der Waals surface area (Å²) >= 11 is 0. The third-order valence-corrected chi connectivity index (χ3v) is 3.21. The molecule has 0 aliphatic heterocycles. The molecule has 0 unspecified atom stereocenters. The van der Waals surface area contributed by atoms with Gasteiger partial charge in [0, 0.05) is 23.5 Å². The molecule has 0 radical (unpaired) electrons. The Morgan fingerprint density at radius 3 is 2.68 bits per heavy atom. The zero-order chi connectivity index (χ0) is 13.4. The molecule has 96 valence electrons. The second-order valence-electron chi connectivity index (χ2n) is 4.51. The Morgan fingerprint density at radius 1 is 1.16 bits per heavy atom. The molecule has 0 aliphatic carbocycles. The Labute approximate surface area is 111 Å². The van der Waals surface area contributed by atoms with Gasteiger partial charge in [-0.15, -0.1) is 0 Å². The van der Waals surface area contributed by atoms with Crippen LogP contribution in [0.25, 0.3) is 16.6 Å². The minimum Gasteiger partial charge on any atom is -0.497 e. The summed E-state index contributed by atoms with van der Waals surface area (Å²) in [4.78, 5) is 8.85. The molecule has 0 amide bonds. The monoisotopic (exact) mass is 253 g/mol. The van der Waals surface area contributed by atoms with Crippen molar-refractivity contribution in [2.75, 3.05) is 7.11 Å². The molecule has 2 aromatic heterocycles. The zero-order valence-corrected chi connectivity index (χ0v) is 11.2. The Balaban J connectivity index is 2.36. The van der Waals surface area contributed by atoms with Gasteiger partial charge >= 0.3 is 0 Å². The van der Waals surface area contributed by atoms with Crippen molar-refractivity contribution in [1.29, 1.82) is 0 Å². The fourth-order valence-corrected chi connectivity index (χ4v) is 2.27. The molecule has 19 heavy (non-hydrogen) atoms. The molecule has 0 spiro atoms. The van der Waals surface area contributed by atoms with Crippen molar-refractivity contribution in [3.63, 3.8) is 0 Å². The van der Waals surface area contributed by atoms with Crippen LogP contribution in [0.3, 0.4) is 0 Å². The second-order valence-corrected chi connectivity index (χ2v) is 4.51. The number of pyridine rings is 1. The highest BCUT2D eigenvalue weighted by atomic mass is 16.5. The maximum absolute atomic E-state index is 5.30. The van der Waals surface area contributed by atoms with Gasteiger partial charge in [0.25, 0.3) is 0 Å². The van der Waals surface area contributed by atoms with Crippen molar-refractivity contribution in [2.24, 2.45) is 0 Å². The van der Waals surface area contributed by atoms with Gasteiger partial charge in [-0.2, -0.15) is 0 Å². The van der Waals surface area contributed by atoms with Crippen molar-refractivity contribution in [1.82, 2.24) is 14.5 Å². The number of ether oxygens (including phenoxy) is 1. The average Bonchev–Trinajstić information content (AvgIpc) is 2.83. The van der Waals surface area contributed by atoms with E-state index in [9.17, 15) is 0 Å². The summed E-state index contributed by atoms with van der Waals surface area (Å²) in [7, 11) is 1.67. The first-order valence-corrected chi connectivity index (χ1v) is 6.15. The molecule has 0 fully saturated rings. The van der Waals surface area contributed by atoms with Crippen LogP contribution in [0.2, 0.25) is 0 Å². The van der Waals surface area contributed by atoms with Crippen LogP contribution >= 0.6 is 0 Å². The predicted octanol–water partition coefficient (Wildman–Crippen LogP) is 3.05. The molecule has 0 saturated heterocycles. The number of aryl methyl sites for hydroxylation is 2. The van der Waals surface area contributed by atoms with Gasteiger partial charge in [0.15, 0.2) is 0 Å². The normalized spacial score (nSPS) is 10.9. The molecule has 4 nitrogen and oxygen atoms in total. The van der Waals surface area contributed by atoms with E-state index >= 15 is 0 Å². The zero-order valence-electron chi connectivity index (χ0n) is 11.2. The van der Waals surface area contributed by atoms with Gasteiger partial charge in [-0.3, -0.25) is 4.98 Å². The molecule has 0 N–H and O–H groups in total. The number of hydrogen-bond acceptors (Lipinski definition) is 3. The van der Waals surface area contributed by atoms with Gasteiger partial charge in [-0.1, -0.05) is 0 Å². The van der Waals surface area contributed by atoms with E-state index < -0.39 is 0 Å². The fourth-order valence-electron chi connectivity index (χ4n) is 2.27. The predicted molar refractivity (Wildman–Crippen MR) is 74.9 cm³/mol. The topological polar surface area (TPSA) is 39.9 Å². The van der Waals surface area contributed by atoms with E-state index in [4.69, 9.17) is 4.74 Å². The standard InChI is InChI=1S/C15H15N3O/c1-10-8-15(18-7-6-16-11(18)2)13-9-12(19-3)4-5-14(13)17-10/h4-9H,1-3H3. The lowest BCUT2D eigenvalue weighted by atomic mass is 10.1. The van der Waals surface area contributed by atoms with E-state index in [1.54, 1.807) is 13.3 Å². The average molecular weight is 253 g/mol. The number of fused-ring (bicyclic) bond motifs is 1. The SMILES string of the molecule is COc1ccc2nc(C)cc(-n3ccnc3C)c2c1. The second kappa shape index (κ2) is 4.39. The summed E-state index contributed by atoms with van der Waals surface area (Å²) in [5.41, 5.74) is 3.03. The molecule has 3 aromatic rings. The van der Waals surface area contributed by atoms with E-state index in [1.807, 2.05) is 38.2 Å². The largest absolute Gasteiger partial charge is 0.497 e. The number of nitrogens with zero attached hydrogens (tertiary/aromatic N) is 3. The number of benzene rings is 1. The maximum atomic E-state index is 5.30. The highest BCUT2D eigenvalue weighted by Gasteiger charge is 2.09. The molecule has 1 aromatic carbocycles. The number of hydrogen-bond donors (Lipinski definition) is 0. The van der Waals surface area contributed by atoms with Crippen LogP contribution in [0.1, 0.15) is 11.5 Å². The lowest BCUT2D eigenvalue weighted by molar-refractivity contribution is 0.415. The molecule has 0 saturated carbocycles. The van der Waals surface area contributed by atoms with Gasteiger partial charge < -0.3 is 9.30 Å². The van der Waals surface area contributed by atoms with Crippen molar-refractivity contribution in [3.8, 4) is 11.4 Å². The summed E-state index contributed by atoms with van der Waals surface area (Å²) in [6.07, 6.45) is 3.76. The molecule has 4 heteroatoms. The lowest BCUT2D eigenvalue weighted by Crippen LogP contribution is -1.99. The van der Waals surface area contributed by atoms with Gasteiger partial charge in [-0.05, 0) is 38.1 Å². The van der Waals surface area contributed by atoms with Crippen LogP contribution in [-0.4, -0.2) is 21.6 Å². The number of methoxy groups -OCH3 is 1. The van der Waals surface area contributed by atoms with E-state index in [0.717, 1.165) is 33.9 Å². The molecular formula is C15H15N3O. The number of rotatable bonds is 2. The summed E-state index contributed by atoms with van der Waals surface area (Å²) in [5.74, 6) is 1.78. The Morgan fingerprint density at radius 2 is 2.00 bits per heavy atom. The van der Waals surface area contributed by atoms with E-state index in [-0.39, 0.29) is 0 Å².